The summed E-state index contributed by atoms with van der Waals surface area (Å²) in [5, 5.41) is 0. The Bertz CT molecular complexity index is 911. The van der Waals surface area contributed by atoms with Crippen molar-refractivity contribution in [1.82, 2.24) is 4.68 Å². The molecule has 23 heavy (non-hydrogen) atoms. The zero-order chi connectivity index (χ0) is 16.4. The van der Waals surface area contributed by atoms with E-state index in [-0.39, 0.29) is 4.90 Å². The van der Waals surface area contributed by atoms with Crippen molar-refractivity contribution >= 4 is 10.0 Å². The van der Waals surface area contributed by atoms with Gasteiger partial charge in [0.25, 0.3) is 10.0 Å². The number of hydrogen-bond donors (Lipinski definition) is 1. The summed E-state index contributed by atoms with van der Waals surface area (Å²) in [6.07, 6.45) is 1.73. The largest absolute Gasteiger partial charge is 0.275 e. The number of aromatic nitrogens is 1. The van der Waals surface area contributed by atoms with E-state index in [1.165, 1.54) is 0 Å². The molecule has 0 aliphatic carbocycles. The monoisotopic (exact) mass is 326 g/mol. The smallest absolute Gasteiger partial charge is 0.253 e. The summed E-state index contributed by atoms with van der Waals surface area (Å²) in [5.74, 6) is 0. The van der Waals surface area contributed by atoms with Crippen molar-refractivity contribution < 1.29 is 8.42 Å². The predicted molar refractivity (Wildman–Crippen MR) is 92.3 cm³/mol. The first-order valence-corrected chi connectivity index (χ1v) is 8.78. The Balaban J connectivity index is 1.99. The maximum atomic E-state index is 12.6. The lowest BCUT2D eigenvalue weighted by Crippen LogP contribution is -2.23. The number of aryl methyl sites for hydroxylation is 2. The van der Waals surface area contributed by atoms with Crippen LogP contribution in [-0.4, -0.2) is 13.1 Å². The van der Waals surface area contributed by atoms with Crippen molar-refractivity contribution in [3.05, 3.63) is 78.0 Å². The van der Waals surface area contributed by atoms with Gasteiger partial charge < -0.3 is 0 Å². The Hall–Kier alpha value is -2.53. The molecule has 1 N–H and O–H groups in total. The summed E-state index contributed by atoms with van der Waals surface area (Å²) in [6.45, 7) is 3.88. The molecule has 0 atom stereocenters. The Morgan fingerprint density at radius 3 is 2.17 bits per heavy atom. The van der Waals surface area contributed by atoms with Crippen molar-refractivity contribution in [1.29, 1.82) is 0 Å². The fourth-order valence-corrected chi connectivity index (χ4v) is 3.48. The van der Waals surface area contributed by atoms with Gasteiger partial charge in [-0.1, -0.05) is 48.0 Å². The van der Waals surface area contributed by atoms with E-state index in [0.717, 1.165) is 22.4 Å². The number of rotatable bonds is 4. The Labute approximate surface area is 136 Å². The van der Waals surface area contributed by atoms with Crippen molar-refractivity contribution in [2.24, 2.45) is 0 Å². The molecule has 1 aromatic heterocycles. The zero-order valence-corrected chi connectivity index (χ0v) is 13.8. The number of nitrogens with zero attached hydrogens (tertiary/aromatic N) is 1. The maximum absolute atomic E-state index is 12.6. The van der Waals surface area contributed by atoms with E-state index in [1.807, 2.05) is 50.2 Å². The van der Waals surface area contributed by atoms with Crippen LogP contribution in [0.15, 0.2) is 71.8 Å². The normalized spacial score (nSPS) is 11.4. The molecular formula is C18H18N2O2S. The summed E-state index contributed by atoms with van der Waals surface area (Å²) < 4.78 is 26.7. The summed E-state index contributed by atoms with van der Waals surface area (Å²) in [5.41, 5.74) is 3.82. The quantitative estimate of drug-likeness (QED) is 0.795. The molecule has 0 saturated carbocycles. The lowest BCUT2D eigenvalue weighted by molar-refractivity contribution is 0.595. The fraction of sp³-hybridized carbons (Fsp3) is 0.111. The molecule has 0 aliphatic rings. The van der Waals surface area contributed by atoms with Gasteiger partial charge in [-0.15, -0.1) is 0 Å². The molecule has 0 saturated heterocycles. The van der Waals surface area contributed by atoms with Crippen LogP contribution in [0.1, 0.15) is 11.1 Å². The van der Waals surface area contributed by atoms with Crippen LogP contribution < -0.4 is 4.83 Å². The van der Waals surface area contributed by atoms with Gasteiger partial charge in [0.1, 0.15) is 0 Å². The first-order valence-electron chi connectivity index (χ1n) is 7.30. The van der Waals surface area contributed by atoms with Crippen molar-refractivity contribution in [2.45, 2.75) is 18.7 Å². The minimum atomic E-state index is -3.63. The molecule has 0 unspecified atom stereocenters. The lowest BCUT2D eigenvalue weighted by atomic mass is 10.1. The van der Waals surface area contributed by atoms with Gasteiger partial charge in [-0.2, -0.15) is 8.42 Å². The molecule has 0 spiro atoms. The average Bonchev–Trinajstić information content (AvgIpc) is 2.88. The minimum Gasteiger partial charge on any atom is -0.253 e. The van der Waals surface area contributed by atoms with Gasteiger partial charge in [0.05, 0.1) is 10.6 Å². The van der Waals surface area contributed by atoms with Gasteiger partial charge >= 0.3 is 0 Å². The topological polar surface area (TPSA) is 51.1 Å². The molecule has 4 nitrogen and oxygen atoms in total. The van der Waals surface area contributed by atoms with Crippen LogP contribution in [0.3, 0.4) is 0 Å². The number of sulfonamides is 1. The molecule has 0 radical (unpaired) electrons. The maximum Gasteiger partial charge on any atom is 0.275 e. The Morgan fingerprint density at radius 2 is 1.52 bits per heavy atom. The molecule has 0 amide bonds. The molecule has 5 heteroatoms. The van der Waals surface area contributed by atoms with Crippen molar-refractivity contribution in [3.8, 4) is 11.3 Å². The average molecular weight is 326 g/mol. The fourth-order valence-electron chi connectivity index (χ4n) is 2.47. The van der Waals surface area contributed by atoms with Crippen LogP contribution in [0, 0.1) is 13.8 Å². The van der Waals surface area contributed by atoms with Crippen LogP contribution in [0.4, 0.5) is 0 Å². The van der Waals surface area contributed by atoms with E-state index in [0.29, 0.717) is 0 Å². The molecular weight excluding hydrogens is 308 g/mol. The van der Waals surface area contributed by atoms with Crippen LogP contribution in [0.2, 0.25) is 0 Å². The molecule has 0 aliphatic heterocycles. The number of benzene rings is 2. The third-order valence-corrected chi connectivity index (χ3v) is 5.01. The summed E-state index contributed by atoms with van der Waals surface area (Å²) >= 11 is 0. The van der Waals surface area contributed by atoms with E-state index in [1.54, 1.807) is 35.1 Å². The van der Waals surface area contributed by atoms with Crippen LogP contribution in [-0.2, 0) is 10.0 Å². The van der Waals surface area contributed by atoms with E-state index in [9.17, 15) is 8.42 Å². The highest BCUT2D eigenvalue weighted by Crippen LogP contribution is 2.24. The first kappa shape index (κ1) is 15.4. The first-order chi connectivity index (χ1) is 11.0. The second kappa shape index (κ2) is 5.93. The van der Waals surface area contributed by atoms with E-state index in [4.69, 9.17) is 0 Å². The summed E-state index contributed by atoms with van der Waals surface area (Å²) in [6, 6.07) is 18.4. The van der Waals surface area contributed by atoms with E-state index in [2.05, 4.69) is 4.83 Å². The third kappa shape index (κ3) is 3.14. The molecule has 2 aromatic carbocycles. The molecule has 3 aromatic rings. The second-order valence-corrected chi connectivity index (χ2v) is 7.15. The van der Waals surface area contributed by atoms with E-state index >= 15 is 0 Å². The highest BCUT2D eigenvalue weighted by atomic mass is 32.2. The van der Waals surface area contributed by atoms with Crippen LogP contribution in [0.5, 0.6) is 0 Å². The standard InChI is InChI=1S/C18H18N2O2S/c1-14-8-10-17(11-9-14)23(21,22)19-20-13-12-15(2)18(20)16-6-4-3-5-7-16/h3-13,19H,1-2H3. The molecule has 3 rings (SSSR count). The molecule has 0 fully saturated rings. The molecule has 1 heterocycles. The Morgan fingerprint density at radius 1 is 0.870 bits per heavy atom. The summed E-state index contributed by atoms with van der Waals surface area (Å²) in [7, 11) is -3.63. The Kier molecular flexibility index (Phi) is 3.96. The second-order valence-electron chi connectivity index (χ2n) is 5.49. The minimum absolute atomic E-state index is 0.244. The van der Waals surface area contributed by atoms with Gasteiger partial charge in [0, 0.05) is 11.8 Å². The number of nitrogens with one attached hydrogen (secondary N) is 1. The van der Waals surface area contributed by atoms with Crippen molar-refractivity contribution in [3.63, 3.8) is 0 Å². The highest BCUT2D eigenvalue weighted by Gasteiger charge is 2.17. The highest BCUT2D eigenvalue weighted by molar-refractivity contribution is 7.92. The van der Waals surface area contributed by atoms with E-state index < -0.39 is 10.0 Å². The zero-order valence-electron chi connectivity index (χ0n) is 13.0. The van der Waals surface area contributed by atoms with Gasteiger partial charge in [-0.3, -0.25) is 4.68 Å². The van der Waals surface area contributed by atoms with Gasteiger partial charge in [-0.25, -0.2) is 4.83 Å². The van der Waals surface area contributed by atoms with Crippen LogP contribution >= 0.6 is 0 Å². The van der Waals surface area contributed by atoms with Gasteiger partial charge in [-0.05, 0) is 37.6 Å². The molecule has 0 bridgehead atoms. The van der Waals surface area contributed by atoms with Crippen LogP contribution in [0.25, 0.3) is 11.3 Å². The van der Waals surface area contributed by atoms with Gasteiger partial charge in [0.2, 0.25) is 0 Å². The van der Waals surface area contributed by atoms with Gasteiger partial charge in [0.15, 0.2) is 0 Å². The molecule has 118 valence electrons. The summed E-state index contributed by atoms with van der Waals surface area (Å²) in [4.78, 5) is 2.87. The third-order valence-electron chi connectivity index (χ3n) is 3.69. The van der Waals surface area contributed by atoms with Crippen molar-refractivity contribution in [2.75, 3.05) is 4.83 Å². The predicted octanol–water partition coefficient (Wildman–Crippen LogP) is 3.70. The number of hydrogen-bond acceptors (Lipinski definition) is 2. The lowest BCUT2D eigenvalue weighted by Gasteiger charge is -2.14. The SMILES string of the molecule is Cc1ccc(S(=O)(=O)Nn2ccc(C)c2-c2ccccc2)cc1.